The molecular weight excluding hydrogens is 426 g/mol. The summed E-state index contributed by atoms with van der Waals surface area (Å²) in [5, 5.41) is 3.45. The first-order chi connectivity index (χ1) is 15.3. The zero-order valence-electron chi connectivity index (χ0n) is 19.2. The number of hydrogen-bond donors (Lipinski definition) is 1. The van der Waals surface area contributed by atoms with Crippen molar-refractivity contribution >= 4 is 23.4 Å². The lowest BCUT2D eigenvalue weighted by molar-refractivity contribution is -0.125. The molecule has 2 amide bonds. The number of benzene rings is 2. The van der Waals surface area contributed by atoms with Crippen LogP contribution < -0.4 is 10.1 Å². The Morgan fingerprint density at radius 1 is 1.19 bits per heavy atom. The molecule has 0 bridgehead atoms. The van der Waals surface area contributed by atoms with E-state index < -0.39 is 6.04 Å². The highest BCUT2D eigenvalue weighted by Gasteiger charge is 2.35. The molecule has 1 heterocycles. The van der Waals surface area contributed by atoms with Crippen molar-refractivity contribution in [2.45, 2.75) is 51.9 Å². The second kappa shape index (κ2) is 10.8. The van der Waals surface area contributed by atoms with E-state index in [9.17, 15) is 9.59 Å². The highest BCUT2D eigenvalue weighted by atomic mass is 35.5. The molecule has 1 aliphatic rings. The van der Waals surface area contributed by atoms with Crippen LogP contribution in [0.2, 0.25) is 5.02 Å². The van der Waals surface area contributed by atoms with Crippen LogP contribution in [0.25, 0.3) is 0 Å². The van der Waals surface area contributed by atoms with E-state index in [2.05, 4.69) is 43.2 Å². The topological polar surface area (TPSA) is 61.9 Å². The Morgan fingerprint density at radius 3 is 2.53 bits per heavy atom. The third kappa shape index (κ3) is 5.81. The summed E-state index contributed by atoms with van der Waals surface area (Å²) >= 11 is 6.09. The number of likely N-dealkylation sites (tertiary alicyclic amines) is 1. The number of halogens is 1. The molecule has 32 heavy (non-hydrogen) atoms. The van der Waals surface area contributed by atoms with Gasteiger partial charge >= 0.3 is 0 Å². The summed E-state index contributed by atoms with van der Waals surface area (Å²) in [4.78, 5) is 29.9. The van der Waals surface area contributed by atoms with Gasteiger partial charge < -0.3 is 15.0 Å². The molecule has 1 saturated heterocycles. The zero-order valence-corrected chi connectivity index (χ0v) is 20.0. The fourth-order valence-electron chi connectivity index (χ4n) is 3.82. The van der Waals surface area contributed by atoms with Crippen LogP contribution in [0.3, 0.4) is 0 Å². The molecule has 3 rings (SSSR count). The predicted molar refractivity (Wildman–Crippen MR) is 127 cm³/mol. The summed E-state index contributed by atoms with van der Waals surface area (Å²) in [7, 11) is 3.62. The van der Waals surface area contributed by atoms with E-state index in [1.54, 1.807) is 23.1 Å². The quantitative estimate of drug-likeness (QED) is 0.648. The van der Waals surface area contributed by atoms with Crippen molar-refractivity contribution in [3.63, 3.8) is 0 Å². The van der Waals surface area contributed by atoms with Crippen LogP contribution in [0.1, 0.15) is 48.2 Å². The van der Waals surface area contributed by atoms with Crippen LogP contribution in [0.4, 0.5) is 0 Å². The number of carbonyl (C=O) groups is 2. The van der Waals surface area contributed by atoms with Gasteiger partial charge in [-0.15, -0.1) is 0 Å². The summed E-state index contributed by atoms with van der Waals surface area (Å²) < 4.78 is 5.32. The van der Waals surface area contributed by atoms with Crippen molar-refractivity contribution in [3.8, 4) is 5.75 Å². The van der Waals surface area contributed by atoms with Crippen LogP contribution in [0.15, 0.2) is 42.5 Å². The molecule has 0 aromatic heterocycles. The Morgan fingerprint density at radius 2 is 1.88 bits per heavy atom. The SMILES string of the molecule is COc1ccc(Cl)cc1C(=O)N1CCCC1C(=O)NCc1ccc(CN(C)C(C)C)cc1. The van der Waals surface area contributed by atoms with Crippen molar-refractivity contribution in [2.24, 2.45) is 0 Å². The van der Waals surface area contributed by atoms with E-state index in [4.69, 9.17) is 16.3 Å². The first-order valence-electron chi connectivity index (χ1n) is 11.0. The predicted octanol–water partition coefficient (Wildman–Crippen LogP) is 4.11. The Hall–Kier alpha value is -2.57. The minimum absolute atomic E-state index is 0.138. The van der Waals surface area contributed by atoms with E-state index in [-0.39, 0.29) is 11.8 Å². The van der Waals surface area contributed by atoms with Gasteiger partial charge in [0.1, 0.15) is 11.8 Å². The number of nitrogens with zero attached hydrogens (tertiary/aromatic N) is 2. The van der Waals surface area contributed by atoms with Crippen LogP contribution in [0, 0.1) is 0 Å². The third-order valence-electron chi connectivity index (χ3n) is 6.01. The molecule has 7 heteroatoms. The molecule has 172 valence electrons. The summed E-state index contributed by atoms with van der Waals surface area (Å²) in [6.07, 6.45) is 1.42. The maximum absolute atomic E-state index is 13.1. The molecule has 1 N–H and O–H groups in total. The number of methoxy groups -OCH3 is 1. The van der Waals surface area contributed by atoms with Gasteiger partial charge in [-0.1, -0.05) is 35.9 Å². The molecule has 1 unspecified atom stereocenters. The smallest absolute Gasteiger partial charge is 0.258 e. The molecular formula is C25H32ClN3O3. The minimum Gasteiger partial charge on any atom is -0.496 e. The lowest BCUT2D eigenvalue weighted by atomic mass is 10.1. The highest BCUT2D eigenvalue weighted by Crippen LogP contribution is 2.27. The molecule has 0 saturated carbocycles. The molecule has 2 aromatic carbocycles. The van der Waals surface area contributed by atoms with Gasteiger partial charge in [0, 0.05) is 30.7 Å². The number of carbonyl (C=O) groups excluding carboxylic acids is 2. The van der Waals surface area contributed by atoms with Gasteiger partial charge in [0.15, 0.2) is 0 Å². The Balaban J connectivity index is 1.61. The molecule has 0 aliphatic carbocycles. The van der Waals surface area contributed by atoms with Crippen LogP contribution in [0.5, 0.6) is 5.75 Å². The van der Waals surface area contributed by atoms with Gasteiger partial charge in [-0.2, -0.15) is 0 Å². The van der Waals surface area contributed by atoms with Gasteiger partial charge in [0.05, 0.1) is 12.7 Å². The molecule has 0 radical (unpaired) electrons. The average Bonchev–Trinajstić information content (AvgIpc) is 3.28. The van der Waals surface area contributed by atoms with E-state index in [1.165, 1.54) is 12.7 Å². The maximum atomic E-state index is 13.1. The Bertz CT molecular complexity index is 946. The number of amides is 2. The zero-order chi connectivity index (χ0) is 23.3. The molecule has 1 fully saturated rings. The van der Waals surface area contributed by atoms with Gasteiger partial charge in [0.2, 0.25) is 5.91 Å². The fourth-order valence-corrected chi connectivity index (χ4v) is 4.00. The van der Waals surface area contributed by atoms with Crippen LogP contribution >= 0.6 is 11.6 Å². The van der Waals surface area contributed by atoms with E-state index in [0.717, 1.165) is 18.5 Å². The Labute approximate surface area is 195 Å². The first kappa shape index (κ1) is 24.1. The van der Waals surface area contributed by atoms with Gasteiger partial charge in [-0.05, 0) is 63.1 Å². The largest absolute Gasteiger partial charge is 0.496 e. The number of nitrogens with one attached hydrogen (secondary N) is 1. The lowest BCUT2D eigenvalue weighted by Gasteiger charge is -2.25. The van der Waals surface area contributed by atoms with E-state index >= 15 is 0 Å². The molecule has 2 aromatic rings. The minimum atomic E-state index is -0.495. The maximum Gasteiger partial charge on any atom is 0.258 e. The normalized spacial score (nSPS) is 16.0. The van der Waals surface area contributed by atoms with Gasteiger partial charge in [-0.25, -0.2) is 0 Å². The first-order valence-corrected chi connectivity index (χ1v) is 11.4. The van der Waals surface area contributed by atoms with Crippen molar-refractivity contribution in [1.29, 1.82) is 0 Å². The summed E-state index contributed by atoms with van der Waals surface area (Å²) in [5.74, 6) is 0.0785. The van der Waals surface area contributed by atoms with Gasteiger partial charge in [0.25, 0.3) is 5.91 Å². The fraction of sp³-hybridized carbons (Fsp3) is 0.440. The van der Waals surface area contributed by atoms with E-state index in [1.807, 2.05) is 12.1 Å². The molecule has 0 spiro atoms. The lowest BCUT2D eigenvalue weighted by Crippen LogP contribution is -2.45. The second-order valence-corrected chi connectivity index (χ2v) is 8.98. The summed E-state index contributed by atoms with van der Waals surface area (Å²) in [5.41, 5.74) is 2.64. The van der Waals surface area contributed by atoms with Gasteiger partial charge in [-0.3, -0.25) is 14.5 Å². The van der Waals surface area contributed by atoms with Crippen molar-refractivity contribution in [1.82, 2.24) is 15.1 Å². The highest BCUT2D eigenvalue weighted by molar-refractivity contribution is 6.31. The van der Waals surface area contributed by atoms with Crippen LogP contribution in [-0.2, 0) is 17.9 Å². The standard InChI is InChI=1S/C25H32ClN3O3/c1-17(2)28(3)16-19-9-7-18(8-10-19)15-27-24(30)22-6-5-13-29(22)25(31)21-14-20(26)11-12-23(21)32-4/h7-12,14,17,22H,5-6,13,15-16H2,1-4H3,(H,27,30). The third-order valence-corrected chi connectivity index (χ3v) is 6.25. The number of rotatable bonds is 8. The van der Waals surface area contributed by atoms with Crippen LogP contribution in [-0.4, -0.2) is 54.4 Å². The second-order valence-electron chi connectivity index (χ2n) is 8.54. The monoisotopic (exact) mass is 457 g/mol. The number of ether oxygens (including phenoxy) is 1. The van der Waals surface area contributed by atoms with E-state index in [0.29, 0.717) is 41.9 Å². The van der Waals surface area contributed by atoms with Crippen molar-refractivity contribution in [3.05, 3.63) is 64.2 Å². The number of hydrogen-bond acceptors (Lipinski definition) is 4. The van der Waals surface area contributed by atoms with Crippen molar-refractivity contribution < 1.29 is 14.3 Å². The van der Waals surface area contributed by atoms with Crippen molar-refractivity contribution in [2.75, 3.05) is 20.7 Å². The summed E-state index contributed by atoms with van der Waals surface area (Å²) in [6.45, 7) is 6.19. The molecule has 6 nitrogen and oxygen atoms in total. The molecule has 1 aliphatic heterocycles. The molecule has 1 atom stereocenters. The average molecular weight is 458 g/mol. The summed E-state index contributed by atoms with van der Waals surface area (Å²) in [6, 6.07) is 13.2. The Kier molecular flexibility index (Phi) is 8.15.